The lowest BCUT2D eigenvalue weighted by Crippen LogP contribution is -2.43. The molecule has 6 aromatic rings. The Balaban J connectivity index is 0.000000138. The molecule has 2 saturated heterocycles. The van der Waals surface area contributed by atoms with Crippen LogP contribution < -0.4 is 26.2 Å². The third-order valence-corrected chi connectivity index (χ3v) is 10.2. The molecule has 0 bridgehead atoms. The van der Waals surface area contributed by atoms with Crippen molar-refractivity contribution in [3.8, 4) is 11.4 Å². The smallest absolute Gasteiger partial charge is 0.266 e. The third kappa shape index (κ3) is 5.10. The Hall–Kier alpha value is -6.08. The number of fused-ring (bicyclic) bond motifs is 8. The molecule has 4 aromatic carbocycles. The molecule has 0 spiro atoms. The van der Waals surface area contributed by atoms with Gasteiger partial charge in [0.1, 0.15) is 11.6 Å². The van der Waals surface area contributed by atoms with Crippen LogP contribution in [-0.2, 0) is 0 Å². The van der Waals surface area contributed by atoms with Crippen molar-refractivity contribution in [2.45, 2.75) is 19.3 Å². The van der Waals surface area contributed by atoms with Gasteiger partial charge in [0.15, 0.2) is 11.6 Å². The molecule has 260 valence electrons. The Kier molecular flexibility index (Phi) is 7.54. The number of piperidine rings is 1. The molecule has 0 unspecified atom stereocenters. The minimum Gasteiger partial charge on any atom is -0.372 e. The molecular weight excluding hydrogens is 668 g/mol. The number of aromatic nitrogens is 4. The summed E-state index contributed by atoms with van der Waals surface area (Å²) >= 11 is 0. The summed E-state index contributed by atoms with van der Waals surface area (Å²) in [5.74, 6) is -1.77. The molecule has 0 radical (unpaired) electrons. The number of anilines is 2. The number of nitrogens with one attached hydrogen (secondary N) is 1. The molecule has 0 aliphatic carbocycles. The van der Waals surface area contributed by atoms with E-state index in [0.717, 1.165) is 75.6 Å². The van der Waals surface area contributed by atoms with Gasteiger partial charge in [0.2, 0.25) is 11.6 Å². The molecular formula is C39H31F2N7O4. The Morgan fingerprint density at radius 1 is 0.538 bits per heavy atom. The summed E-state index contributed by atoms with van der Waals surface area (Å²) in [6.45, 7) is 5.48. The highest BCUT2D eigenvalue weighted by molar-refractivity contribution is 6.14. The van der Waals surface area contributed by atoms with Crippen LogP contribution in [0.15, 0.2) is 82.4 Å². The fourth-order valence-corrected chi connectivity index (χ4v) is 7.58. The molecule has 0 atom stereocenters. The van der Waals surface area contributed by atoms with E-state index in [1.165, 1.54) is 39.8 Å². The summed E-state index contributed by atoms with van der Waals surface area (Å²) in [5, 5.41) is 4.23. The zero-order valence-electron chi connectivity index (χ0n) is 27.9. The highest BCUT2D eigenvalue weighted by Gasteiger charge is 2.32. The van der Waals surface area contributed by atoms with E-state index in [0.29, 0.717) is 33.2 Å². The number of ketones is 2. The SMILES string of the molecule is O=C1c2cc(F)ccc2-n2c1nc1ccc(N3CCCCC3)cc1c2=O.O=C1c2cc(F)ccc2-n2c1nc1ccc(N3CCNCC3)cc1c2=O. The predicted molar refractivity (Wildman–Crippen MR) is 193 cm³/mol. The van der Waals surface area contributed by atoms with Crippen LogP contribution in [0.25, 0.3) is 33.2 Å². The summed E-state index contributed by atoms with van der Waals surface area (Å²) in [7, 11) is 0. The molecule has 2 fully saturated rings. The molecule has 52 heavy (non-hydrogen) atoms. The fraction of sp³-hybridized carbons (Fsp3) is 0.231. The molecule has 6 heterocycles. The second kappa shape index (κ2) is 12.3. The Morgan fingerprint density at radius 2 is 1.00 bits per heavy atom. The first-order valence-corrected chi connectivity index (χ1v) is 17.3. The number of carbonyl (C=O) groups excluding carboxylic acids is 2. The van der Waals surface area contributed by atoms with Crippen molar-refractivity contribution >= 4 is 44.7 Å². The van der Waals surface area contributed by atoms with E-state index in [2.05, 4.69) is 25.1 Å². The van der Waals surface area contributed by atoms with Crippen LogP contribution in [-0.4, -0.2) is 69.9 Å². The minimum absolute atomic E-state index is 0.0398. The lowest BCUT2D eigenvalue weighted by molar-refractivity contribution is 0.102. The molecule has 10 rings (SSSR count). The maximum Gasteiger partial charge on any atom is 0.266 e. The average molecular weight is 700 g/mol. The fourth-order valence-electron chi connectivity index (χ4n) is 7.58. The first-order valence-electron chi connectivity index (χ1n) is 17.3. The first kappa shape index (κ1) is 31.9. The van der Waals surface area contributed by atoms with Gasteiger partial charge in [-0.2, -0.15) is 0 Å². The van der Waals surface area contributed by atoms with Gasteiger partial charge in [0, 0.05) is 50.6 Å². The van der Waals surface area contributed by atoms with Crippen molar-refractivity contribution in [3.05, 3.63) is 128 Å². The van der Waals surface area contributed by atoms with Crippen LogP contribution in [0.4, 0.5) is 20.2 Å². The van der Waals surface area contributed by atoms with Gasteiger partial charge < -0.3 is 15.1 Å². The molecule has 4 aliphatic heterocycles. The van der Waals surface area contributed by atoms with Crippen LogP contribution in [0.1, 0.15) is 51.6 Å². The van der Waals surface area contributed by atoms with Gasteiger partial charge in [-0.05, 0) is 92.1 Å². The Morgan fingerprint density at radius 3 is 1.48 bits per heavy atom. The highest BCUT2D eigenvalue weighted by Crippen LogP contribution is 2.30. The van der Waals surface area contributed by atoms with E-state index in [1.54, 1.807) is 12.1 Å². The predicted octanol–water partition coefficient (Wildman–Crippen LogP) is 4.54. The van der Waals surface area contributed by atoms with Crippen LogP contribution in [0.5, 0.6) is 0 Å². The van der Waals surface area contributed by atoms with E-state index in [9.17, 15) is 28.0 Å². The second-order valence-electron chi connectivity index (χ2n) is 13.3. The molecule has 2 aromatic heterocycles. The van der Waals surface area contributed by atoms with E-state index >= 15 is 0 Å². The maximum atomic E-state index is 13.5. The standard InChI is InChI=1S/C20H16FN3O2.C19H15FN4O2/c21-12-4-7-17-15(10-12)18(25)19-22-16-6-5-13(23-8-2-1-3-9-23)11-14(16)20(26)24(17)19;20-11-1-4-16-14(9-11)17(25)18-22-15-3-2-12(23-7-5-21-6-8-23)10-13(15)19(26)24(16)18/h4-7,10-11H,1-3,8-9H2;1-4,9-10,21H,5-8H2. The maximum absolute atomic E-state index is 13.5. The summed E-state index contributed by atoms with van der Waals surface area (Å²) in [6.07, 6.45) is 3.52. The monoisotopic (exact) mass is 699 g/mol. The third-order valence-electron chi connectivity index (χ3n) is 10.2. The number of carbonyl (C=O) groups is 2. The molecule has 0 saturated carbocycles. The van der Waals surface area contributed by atoms with E-state index in [1.807, 2.05) is 24.3 Å². The van der Waals surface area contributed by atoms with Crippen LogP contribution >= 0.6 is 0 Å². The van der Waals surface area contributed by atoms with Crippen molar-refractivity contribution in [2.24, 2.45) is 0 Å². The van der Waals surface area contributed by atoms with Crippen LogP contribution in [0.3, 0.4) is 0 Å². The quantitative estimate of drug-likeness (QED) is 0.277. The van der Waals surface area contributed by atoms with Gasteiger partial charge in [-0.1, -0.05) is 0 Å². The number of hydrogen-bond donors (Lipinski definition) is 1. The van der Waals surface area contributed by atoms with Crippen LogP contribution in [0.2, 0.25) is 0 Å². The Labute approximate surface area is 294 Å². The van der Waals surface area contributed by atoms with Gasteiger partial charge in [0.25, 0.3) is 11.1 Å². The summed E-state index contributed by atoms with van der Waals surface area (Å²) in [4.78, 5) is 64.6. The number of nitrogens with zero attached hydrogens (tertiary/aromatic N) is 6. The van der Waals surface area contributed by atoms with Crippen molar-refractivity contribution < 1.29 is 18.4 Å². The normalized spacial score (nSPS) is 16.0. The van der Waals surface area contributed by atoms with Crippen molar-refractivity contribution in [1.29, 1.82) is 0 Å². The largest absolute Gasteiger partial charge is 0.372 e. The first-order chi connectivity index (χ1) is 25.3. The average Bonchev–Trinajstić information content (AvgIpc) is 3.61. The number of piperazine rings is 1. The topological polar surface area (TPSA) is 122 Å². The van der Waals surface area contributed by atoms with Gasteiger partial charge in [-0.3, -0.25) is 28.3 Å². The number of rotatable bonds is 2. The summed E-state index contributed by atoms with van der Waals surface area (Å²) in [5.41, 5.74) is 3.47. The number of halogens is 2. The van der Waals surface area contributed by atoms with E-state index in [-0.39, 0.29) is 33.9 Å². The van der Waals surface area contributed by atoms with Crippen LogP contribution in [0, 0.1) is 11.6 Å². The lowest BCUT2D eigenvalue weighted by atomic mass is 10.1. The second-order valence-corrected chi connectivity index (χ2v) is 13.3. The van der Waals surface area contributed by atoms with Gasteiger partial charge >= 0.3 is 0 Å². The molecule has 4 aliphatic rings. The van der Waals surface area contributed by atoms with Crippen molar-refractivity contribution in [2.75, 3.05) is 49.1 Å². The molecule has 1 N–H and O–H groups in total. The van der Waals surface area contributed by atoms with Gasteiger partial charge in [-0.25, -0.2) is 18.7 Å². The summed E-state index contributed by atoms with van der Waals surface area (Å²) < 4.78 is 29.7. The van der Waals surface area contributed by atoms with Gasteiger partial charge in [0.05, 0.1) is 44.3 Å². The zero-order valence-corrected chi connectivity index (χ0v) is 27.9. The Bertz CT molecular complexity index is 2440. The molecule has 0 amide bonds. The minimum atomic E-state index is -0.511. The number of hydrogen-bond acceptors (Lipinski definition) is 9. The summed E-state index contributed by atoms with van der Waals surface area (Å²) in [6, 6.07) is 18.8. The lowest BCUT2D eigenvalue weighted by Gasteiger charge is -2.29. The van der Waals surface area contributed by atoms with E-state index < -0.39 is 23.2 Å². The highest BCUT2D eigenvalue weighted by atomic mass is 19.1. The van der Waals surface area contributed by atoms with Gasteiger partial charge in [-0.15, -0.1) is 0 Å². The number of benzene rings is 4. The molecule has 13 heteroatoms. The van der Waals surface area contributed by atoms with Crippen molar-refractivity contribution in [1.82, 2.24) is 24.4 Å². The zero-order chi connectivity index (χ0) is 35.7. The van der Waals surface area contributed by atoms with Crippen molar-refractivity contribution in [3.63, 3.8) is 0 Å². The molecule has 11 nitrogen and oxygen atoms in total. The van der Waals surface area contributed by atoms with E-state index in [4.69, 9.17) is 0 Å².